The Morgan fingerprint density at radius 1 is 1.25 bits per heavy atom. The quantitative estimate of drug-likeness (QED) is 0.690. The molecular weight excluding hydrogens is 389 g/mol. The van der Waals surface area contributed by atoms with Gasteiger partial charge in [0, 0.05) is 28.9 Å². The molecular formula is C20H19F3N2O2S. The number of aromatic nitrogens is 1. The largest absolute Gasteiger partial charge is 0.431 e. The molecule has 0 saturated heterocycles. The number of alkyl halides is 3. The molecule has 2 heterocycles. The molecule has 0 aliphatic rings. The molecule has 1 atom stereocenters. The fourth-order valence-electron chi connectivity index (χ4n) is 3.14. The zero-order valence-electron chi connectivity index (χ0n) is 15.3. The summed E-state index contributed by atoms with van der Waals surface area (Å²) in [7, 11) is 0. The molecule has 1 N–H and O–H groups in total. The monoisotopic (exact) mass is 408 g/mol. The third kappa shape index (κ3) is 4.44. The Hall–Kier alpha value is -2.61. The second kappa shape index (κ2) is 7.79. The summed E-state index contributed by atoms with van der Waals surface area (Å²) in [5.74, 6) is -0.260. The minimum atomic E-state index is -4.68. The normalized spacial score (nSPS) is 12.9. The molecule has 0 radical (unpaired) electrons. The maximum absolute atomic E-state index is 13.6. The van der Waals surface area contributed by atoms with Crippen LogP contribution in [-0.2, 0) is 23.9 Å². The SMILES string of the molecule is Cc1ccc2c(c1)c(=O)cc(C(F)(F)F)n2C[C@@H](C)NC(=O)Cc1cccs1. The lowest BCUT2D eigenvalue weighted by atomic mass is 10.1. The molecule has 0 bridgehead atoms. The molecule has 0 fully saturated rings. The molecule has 0 spiro atoms. The summed E-state index contributed by atoms with van der Waals surface area (Å²) in [6.07, 6.45) is -4.50. The molecule has 0 aliphatic carbocycles. The lowest BCUT2D eigenvalue weighted by molar-refractivity contribution is -0.143. The first-order valence-corrected chi connectivity index (χ1v) is 9.56. The third-order valence-corrected chi connectivity index (χ3v) is 5.21. The molecule has 2 aromatic heterocycles. The first-order chi connectivity index (χ1) is 13.1. The zero-order chi connectivity index (χ0) is 20.5. The van der Waals surface area contributed by atoms with Gasteiger partial charge in [-0.15, -0.1) is 11.3 Å². The number of thiophene rings is 1. The lowest BCUT2D eigenvalue weighted by Gasteiger charge is -2.22. The molecule has 4 nitrogen and oxygen atoms in total. The van der Waals surface area contributed by atoms with Gasteiger partial charge in [0.2, 0.25) is 5.91 Å². The molecule has 3 rings (SSSR count). The van der Waals surface area contributed by atoms with E-state index in [1.807, 2.05) is 17.5 Å². The smallest absolute Gasteiger partial charge is 0.352 e. The summed E-state index contributed by atoms with van der Waals surface area (Å²) in [6.45, 7) is 3.31. The molecule has 8 heteroatoms. The second-order valence-electron chi connectivity index (χ2n) is 6.75. The highest BCUT2D eigenvalue weighted by Crippen LogP contribution is 2.31. The van der Waals surface area contributed by atoms with E-state index >= 15 is 0 Å². The van der Waals surface area contributed by atoms with Crippen LogP contribution in [0.2, 0.25) is 0 Å². The fourth-order valence-corrected chi connectivity index (χ4v) is 3.84. The highest BCUT2D eigenvalue weighted by molar-refractivity contribution is 7.10. The van der Waals surface area contributed by atoms with Gasteiger partial charge in [0.25, 0.3) is 0 Å². The van der Waals surface area contributed by atoms with Crippen molar-refractivity contribution in [2.45, 2.75) is 39.0 Å². The molecule has 28 heavy (non-hydrogen) atoms. The predicted octanol–water partition coefficient (Wildman–Crippen LogP) is 4.14. The van der Waals surface area contributed by atoms with Gasteiger partial charge in [-0.3, -0.25) is 9.59 Å². The summed E-state index contributed by atoms with van der Waals surface area (Å²) < 4.78 is 41.7. The Morgan fingerprint density at radius 3 is 2.64 bits per heavy atom. The maximum Gasteiger partial charge on any atom is 0.431 e. The van der Waals surface area contributed by atoms with E-state index in [0.717, 1.165) is 15.0 Å². The van der Waals surface area contributed by atoms with Crippen molar-refractivity contribution in [1.82, 2.24) is 9.88 Å². The van der Waals surface area contributed by atoms with Crippen molar-refractivity contribution in [3.05, 3.63) is 68.1 Å². The number of carbonyl (C=O) groups excluding carboxylic acids is 1. The van der Waals surface area contributed by atoms with Crippen LogP contribution in [0.15, 0.2) is 46.6 Å². The van der Waals surface area contributed by atoms with Crippen LogP contribution < -0.4 is 10.7 Å². The van der Waals surface area contributed by atoms with Crippen LogP contribution in [0.25, 0.3) is 10.9 Å². The van der Waals surface area contributed by atoms with Gasteiger partial charge in [0.1, 0.15) is 5.69 Å². The number of nitrogens with zero attached hydrogens (tertiary/aromatic N) is 1. The molecule has 0 aliphatic heterocycles. The van der Waals surface area contributed by atoms with E-state index in [1.54, 1.807) is 26.0 Å². The number of halogens is 3. The molecule has 1 amide bonds. The van der Waals surface area contributed by atoms with E-state index in [2.05, 4.69) is 5.32 Å². The Balaban J connectivity index is 1.93. The van der Waals surface area contributed by atoms with Crippen LogP contribution in [-0.4, -0.2) is 16.5 Å². The van der Waals surface area contributed by atoms with Gasteiger partial charge >= 0.3 is 6.18 Å². The van der Waals surface area contributed by atoms with E-state index in [4.69, 9.17) is 0 Å². The minimum absolute atomic E-state index is 0.106. The Morgan fingerprint density at radius 2 is 2.00 bits per heavy atom. The van der Waals surface area contributed by atoms with Crippen LogP contribution in [0.1, 0.15) is 23.1 Å². The van der Waals surface area contributed by atoms with Gasteiger partial charge < -0.3 is 9.88 Å². The van der Waals surface area contributed by atoms with Crippen LogP contribution >= 0.6 is 11.3 Å². The van der Waals surface area contributed by atoms with Gasteiger partial charge in [-0.05, 0) is 37.4 Å². The van der Waals surface area contributed by atoms with Crippen LogP contribution in [0.4, 0.5) is 13.2 Å². The average molecular weight is 408 g/mol. The van der Waals surface area contributed by atoms with E-state index in [9.17, 15) is 22.8 Å². The lowest BCUT2D eigenvalue weighted by Crippen LogP contribution is -2.38. The number of fused-ring (bicyclic) bond motifs is 1. The van der Waals surface area contributed by atoms with Crippen molar-refractivity contribution in [3.8, 4) is 0 Å². The number of nitrogens with one attached hydrogen (secondary N) is 1. The maximum atomic E-state index is 13.6. The molecule has 0 saturated carbocycles. The van der Waals surface area contributed by atoms with Gasteiger partial charge in [-0.2, -0.15) is 13.2 Å². The first kappa shape index (κ1) is 20.1. The number of amides is 1. The molecule has 1 aromatic carbocycles. The summed E-state index contributed by atoms with van der Waals surface area (Å²) in [5, 5.41) is 4.82. The average Bonchev–Trinajstić information content (AvgIpc) is 3.09. The van der Waals surface area contributed by atoms with Gasteiger partial charge in [0.05, 0.1) is 11.9 Å². The Labute approximate surface area is 163 Å². The standard InChI is InChI=1S/C20H19F3N2O2S/c1-12-5-6-16-15(8-12)17(26)10-18(20(21,22)23)25(16)11-13(2)24-19(27)9-14-4-3-7-28-14/h3-8,10,13H,9,11H2,1-2H3,(H,24,27)/t13-/m1/s1. The fraction of sp³-hybridized carbons (Fsp3) is 0.300. The summed E-state index contributed by atoms with van der Waals surface area (Å²) >= 11 is 1.44. The van der Waals surface area contributed by atoms with E-state index in [1.165, 1.54) is 17.4 Å². The molecule has 0 unspecified atom stereocenters. The van der Waals surface area contributed by atoms with Crippen LogP contribution in [0, 0.1) is 6.92 Å². The number of carbonyl (C=O) groups is 1. The number of hydrogen-bond acceptors (Lipinski definition) is 3. The van der Waals surface area contributed by atoms with Crippen molar-refractivity contribution < 1.29 is 18.0 Å². The van der Waals surface area contributed by atoms with Gasteiger partial charge in [-0.1, -0.05) is 17.7 Å². The van der Waals surface area contributed by atoms with E-state index < -0.39 is 23.3 Å². The summed E-state index contributed by atoms with van der Waals surface area (Å²) in [4.78, 5) is 25.3. The van der Waals surface area contributed by atoms with Crippen molar-refractivity contribution in [2.75, 3.05) is 0 Å². The van der Waals surface area contributed by atoms with Crippen molar-refractivity contribution >= 4 is 28.1 Å². The second-order valence-corrected chi connectivity index (χ2v) is 7.78. The van der Waals surface area contributed by atoms with Crippen molar-refractivity contribution in [2.24, 2.45) is 0 Å². The zero-order valence-corrected chi connectivity index (χ0v) is 16.2. The summed E-state index contributed by atoms with van der Waals surface area (Å²) in [6, 6.07) is 8.49. The van der Waals surface area contributed by atoms with Crippen LogP contribution in [0.5, 0.6) is 0 Å². The van der Waals surface area contributed by atoms with E-state index in [0.29, 0.717) is 6.07 Å². The Kier molecular flexibility index (Phi) is 5.60. The number of aryl methyl sites for hydroxylation is 1. The number of pyridine rings is 1. The van der Waals surface area contributed by atoms with E-state index in [-0.39, 0.29) is 29.8 Å². The number of hydrogen-bond donors (Lipinski definition) is 1. The van der Waals surface area contributed by atoms with Gasteiger partial charge in [-0.25, -0.2) is 0 Å². The number of benzene rings is 1. The summed E-state index contributed by atoms with van der Waals surface area (Å²) in [5.41, 5.74) is -0.706. The number of rotatable bonds is 5. The Bertz CT molecular complexity index is 1060. The minimum Gasteiger partial charge on any atom is -0.352 e. The predicted molar refractivity (Wildman–Crippen MR) is 104 cm³/mol. The molecule has 148 valence electrons. The van der Waals surface area contributed by atoms with Crippen molar-refractivity contribution in [1.29, 1.82) is 0 Å². The van der Waals surface area contributed by atoms with Crippen molar-refractivity contribution in [3.63, 3.8) is 0 Å². The topological polar surface area (TPSA) is 51.1 Å². The van der Waals surface area contributed by atoms with Gasteiger partial charge in [0.15, 0.2) is 5.43 Å². The highest BCUT2D eigenvalue weighted by atomic mass is 32.1. The first-order valence-electron chi connectivity index (χ1n) is 8.68. The third-order valence-electron chi connectivity index (χ3n) is 4.34. The molecule has 3 aromatic rings. The highest BCUT2D eigenvalue weighted by Gasteiger charge is 2.35. The van der Waals surface area contributed by atoms with Crippen LogP contribution in [0.3, 0.4) is 0 Å².